The Kier molecular flexibility index (Phi) is 3.95. The van der Waals surface area contributed by atoms with Gasteiger partial charge in [-0.15, -0.1) is 0 Å². The standard InChI is InChI=1S/C14H17F3N2S/c1-2-13(5-6-13)8-19-11-4-3-9(14(15,16)17)7-10(11)12(18)20/h3-4,7,19H,2,5-6,8H2,1H3,(H2,18,20). The summed E-state index contributed by atoms with van der Waals surface area (Å²) in [6.07, 6.45) is -1.03. The molecular formula is C14H17F3N2S. The van der Waals surface area contributed by atoms with Gasteiger partial charge in [-0.2, -0.15) is 13.2 Å². The Morgan fingerprint density at radius 3 is 2.50 bits per heavy atom. The fourth-order valence-corrected chi connectivity index (χ4v) is 2.36. The Balaban J connectivity index is 2.22. The summed E-state index contributed by atoms with van der Waals surface area (Å²) in [4.78, 5) is -0.0278. The zero-order valence-corrected chi connectivity index (χ0v) is 12.0. The fraction of sp³-hybridized carbons (Fsp3) is 0.500. The summed E-state index contributed by atoms with van der Waals surface area (Å²) in [5, 5.41) is 3.19. The van der Waals surface area contributed by atoms with Gasteiger partial charge >= 0.3 is 6.18 Å². The molecule has 0 aliphatic heterocycles. The topological polar surface area (TPSA) is 38.0 Å². The number of alkyl halides is 3. The lowest BCUT2D eigenvalue weighted by atomic mass is 10.0. The second-order valence-electron chi connectivity index (χ2n) is 5.33. The summed E-state index contributed by atoms with van der Waals surface area (Å²) in [5.41, 5.74) is 5.92. The van der Waals surface area contributed by atoms with Gasteiger partial charge in [-0.05, 0) is 42.9 Å². The van der Waals surface area contributed by atoms with Gasteiger partial charge in [0.25, 0.3) is 0 Å². The number of rotatable bonds is 5. The van der Waals surface area contributed by atoms with Crippen LogP contribution in [0.1, 0.15) is 37.3 Å². The van der Waals surface area contributed by atoms with Crippen molar-refractivity contribution in [3.8, 4) is 0 Å². The summed E-state index contributed by atoms with van der Waals surface area (Å²) < 4.78 is 38.1. The van der Waals surface area contributed by atoms with Gasteiger partial charge in [0.1, 0.15) is 4.99 Å². The molecule has 2 nitrogen and oxygen atoms in total. The maximum atomic E-state index is 12.7. The normalized spacial score (nSPS) is 16.8. The molecule has 1 aliphatic rings. The van der Waals surface area contributed by atoms with Crippen LogP contribution in [0.2, 0.25) is 0 Å². The molecular weight excluding hydrogens is 285 g/mol. The van der Waals surface area contributed by atoms with Crippen LogP contribution in [0.25, 0.3) is 0 Å². The molecule has 110 valence electrons. The molecule has 0 saturated heterocycles. The highest BCUT2D eigenvalue weighted by Gasteiger charge is 2.40. The van der Waals surface area contributed by atoms with Crippen molar-refractivity contribution in [2.24, 2.45) is 11.1 Å². The van der Waals surface area contributed by atoms with Crippen LogP contribution < -0.4 is 11.1 Å². The zero-order chi connectivity index (χ0) is 15.0. The van der Waals surface area contributed by atoms with E-state index >= 15 is 0 Å². The highest BCUT2D eigenvalue weighted by atomic mass is 32.1. The van der Waals surface area contributed by atoms with Crippen molar-refractivity contribution in [3.05, 3.63) is 29.3 Å². The molecule has 0 atom stereocenters. The SMILES string of the molecule is CCC1(CNc2ccc(C(F)(F)F)cc2C(N)=S)CC1. The highest BCUT2D eigenvalue weighted by molar-refractivity contribution is 7.80. The molecule has 6 heteroatoms. The molecule has 1 aliphatic carbocycles. The van der Waals surface area contributed by atoms with Crippen molar-refractivity contribution >= 4 is 22.9 Å². The van der Waals surface area contributed by atoms with Crippen molar-refractivity contribution in [1.82, 2.24) is 0 Å². The minimum Gasteiger partial charge on any atom is -0.389 e. The predicted molar refractivity (Wildman–Crippen MR) is 77.8 cm³/mol. The molecule has 0 amide bonds. The molecule has 0 aromatic heterocycles. The van der Waals surface area contributed by atoms with Crippen molar-refractivity contribution < 1.29 is 13.2 Å². The van der Waals surface area contributed by atoms with E-state index in [1.54, 1.807) is 0 Å². The predicted octanol–water partition coefficient (Wildman–Crippen LogP) is 3.94. The molecule has 3 N–H and O–H groups in total. The summed E-state index contributed by atoms with van der Waals surface area (Å²) in [5.74, 6) is 0. The average Bonchev–Trinajstić information content (AvgIpc) is 3.15. The smallest absolute Gasteiger partial charge is 0.389 e. The van der Waals surface area contributed by atoms with Crippen LogP contribution in [0.4, 0.5) is 18.9 Å². The van der Waals surface area contributed by atoms with Gasteiger partial charge in [0.2, 0.25) is 0 Å². The Morgan fingerprint density at radius 2 is 2.05 bits per heavy atom. The Morgan fingerprint density at radius 1 is 1.40 bits per heavy atom. The number of nitrogens with two attached hydrogens (primary N) is 1. The van der Waals surface area contributed by atoms with E-state index in [1.165, 1.54) is 6.07 Å². The maximum absolute atomic E-state index is 12.7. The minimum absolute atomic E-state index is 0.0278. The van der Waals surface area contributed by atoms with Crippen LogP contribution in [-0.4, -0.2) is 11.5 Å². The number of hydrogen-bond acceptors (Lipinski definition) is 2. The number of thiocarbonyl (C=S) groups is 1. The maximum Gasteiger partial charge on any atom is 0.416 e. The van der Waals surface area contributed by atoms with E-state index in [0.29, 0.717) is 5.69 Å². The highest BCUT2D eigenvalue weighted by Crippen LogP contribution is 2.48. The molecule has 0 bridgehead atoms. The largest absolute Gasteiger partial charge is 0.416 e. The average molecular weight is 302 g/mol. The lowest BCUT2D eigenvalue weighted by Gasteiger charge is -2.18. The van der Waals surface area contributed by atoms with Crippen molar-refractivity contribution in [2.45, 2.75) is 32.4 Å². The summed E-state index contributed by atoms with van der Waals surface area (Å²) in [6.45, 7) is 2.86. The Labute approximate surface area is 121 Å². The molecule has 0 heterocycles. The first-order valence-electron chi connectivity index (χ1n) is 6.52. The lowest BCUT2D eigenvalue weighted by Crippen LogP contribution is -2.19. The number of benzene rings is 1. The van der Waals surface area contributed by atoms with Crippen LogP contribution in [0.3, 0.4) is 0 Å². The molecule has 20 heavy (non-hydrogen) atoms. The fourth-order valence-electron chi connectivity index (χ4n) is 2.19. The van der Waals surface area contributed by atoms with E-state index in [-0.39, 0.29) is 16.0 Å². The number of halogens is 3. The first-order valence-corrected chi connectivity index (χ1v) is 6.93. The van der Waals surface area contributed by atoms with Crippen LogP contribution >= 0.6 is 12.2 Å². The van der Waals surface area contributed by atoms with Gasteiger partial charge in [-0.25, -0.2) is 0 Å². The van der Waals surface area contributed by atoms with E-state index < -0.39 is 11.7 Å². The van der Waals surface area contributed by atoms with E-state index in [2.05, 4.69) is 12.2 Å². The monoisotopic (exact) mass is 302 g/mol. The van der Waals surface area contributed by atoms with E-state index in [4.69, 9.17) is 18.0 Å². The Bertz CT molecular complexity index is 522. The van der Waals surface area contributed by atoms with E-state index in [9.17, 15) is 13.2 Å². The number of hydrogen-bond donors (Lipinski definition) is 2. The summed E-state index contributed by atoms with van der Waals surface area (Å²) in [6, 6.07) is 3.47. The molecule has 0 radical (unpaired) electrons. The molecule has 1 aromatic rings. The third kappa shape index (κ3) is 3.23. The second kappa shape index (κ2) is 5.24. The molecule has 2 rings (SSSR count). The van der Waals surface area contributed by atoms with Crippen LogP contribution in [0.5, 0.6) is 0 Å². The summed E-state index contributed by atoms with van der Waals surface area (Å²) >= 11 is 4.85. The second-order valence-corrected chi connectivity index (χ2v) is 5.77. The third-order valence-corrected chi connectivity index (χ3v) is 4.19. The number of nitrogens with one attached hydrogen (secondary N) is 1. The Hall–Kier alpha value is -1.30. The molecule has 1 aromatic carbocycles. The zero-order valence-electron chi connectivity index (χ0n) is 11.2. The van der Waals surface area contributed by atoms with Gasteiger partial charge in [0.15, 0.2) is 0 Å². The van der Waals surface area contributed by atoms with Gasteiger partial charge in [0.05, 0.1) is 5.56 Å². The molecule has 1 fully saturated rings. The van der Waals surface area contributed by atoms with Crippen molar-refractivity contribution in [3.63, 3.8) is 0 Å². The van der Waals surface area contributed by atoms with Gasteiger partial charge in [0, 0.05) is 17.8 Å². The molecule has 1 saturated carbocycles. The van der Waals surface area contributed by atoms with E-state index in [0.717, 1.165) is 37.9 Å². The lowest BCUT2D eigenvalue weighted by molar-refractivity contribution is -0.137. The van der Waals surface area contributed by atoms with Crippen molar-refractivity contribution in [2.75, 3.05) is 11.9 Å². The van der Waals surface area contributed by atoms with Crippen LogP contribution in [0, 0.1) is 5.41 Å². The van der Waals surface area contributed by atoms with Gasteiger partial charge < -0.3 is 11.1 Å². The van der Waals surface area contributed by atoms with Gasteiger partial charge in [-0.3, -0.25) is 0 Å². The van der Waals surface area contributed by atoms with Crippen molar-refractivity contribution in [1.29, 1.82) is 0 Å². The quantitative estimate of drug-likeness (QED) is 0.809. The van der Waals surface area contributed by atoms with E-state index in [1.807, 2.05) is 0 Å². The molecule has 0 unspecified atom stereocenters. The van der Waals surface area contributed by atoms with Crippen LogP contribution in [-0.2, 0) is 6.18 Å². The number of anilines is 1. The minimum atomic E-state index is -4.39. The first kappa shape index (κ1) is 15.1. The summed E-state index contributed by atoms with van der Waals surface area (Å²) in [7, 11) is 0. The van der Waals surface area contributed by atoms with Gasteiger partial charge in [-0.1, -0.05) is 19.1 Å². The third-order valence-electron chi connectivity index (χ3n) is 3.97. The molecule has 0 spiro atoms. The van der Waals surface area contributed by atoms with Crippen LogP contribution in [0.15, 0.2) is 18.2 Å². The first-order chi connectivity index (χ1) is 9.27.